The number of hydrogen-bond donors (Lipinski definition) is 2. The number of likely N-dealkylation sites (N-methyl/N-ethyl adjacent to an activating group) is 1. The predicted molar refractivity (Wildman–Crippen MR) is 86.4 cm³/mol. The molecule has 0 fully saturated rings. The van der Waals surface area contributed by atoms with Gasteiger partial charge < -0.3 is 5.32 Å². The topological polar surface area (TPSA) is 71.1 Å². The van der Waals surface area contributed by atoms with E-state index in [1.54, 1.807) is 19.2 Å². The lowest BCUT2D eigenvalue weighted by molar-refractivity contribution is -0.122. The number of aryl methyl sites for hydroxylation is 2. The zero-order valence-electron chi connectivity index (χ0n) is 12.5. The lowest BCUT2D eigenvalue weighted by Gasteiger charge is -2.07. The summed E-state index contributed by atoms with van der Waals surface area (Å²) >= 11 is 1.46. The highest BCUT2D eigenvalue weighted by Gasteiger charge is 2.32. The quantitative estimate of drug-likeness (QED) is 0.914. The molecule has 0 spiro atoms. The Balaban J connectivity index is 1.76. The first-order valence-electron chi connectivity index (χ1n) is 7.17. The summed E-state index contributed by atoms with van der Waals surface area (Å²) in [4.78, 5) is 29.6. The van der Waals surface area contributed by atoms with Crippen LogP contribution in [-0.4, -0.2) is 23.8 Å². The van der Waals surface area contributed by atoms with E-state index in [-0.39, 0.29) is 17.7 Å². The summed E-state index contributed by atoms with van der Waals surface area (Å²) < 4.78 is 0. The number of carbonyl (C=O) groups is 2. The minimum atomic E-state index is -0.193. The maximum atomic E-state index is 12.2. The monoisotopic (exact) mass is 315 g/mol. The number of nitrogens with one attached hydrogen (secondary N) is 2. The van der Waals surface area contributed by atoms with Crippen LogP contribution in [0.2, 0.25) is 0 Å². The summed E-state index contributed by atoms with van der Waals surface area (Å²) in [6.07, 6.45) is 1.63. The number of nitrogens with zero attached hydrogens (tertiary/aromatic N) is 1. The van der Waals surface area contributed by atoms with E-state index in [4.69, 9.17) is 0 Å². The van der Waals surface area contributed by atoms with Crippen LogP contribution in [0.25, 0.3) is 0 Å². The molecule has 0 saturated heterocycles. The van der Waals surface area contributed by atoms with E-state index in [0.29, 0.717) is 10.7 Å². The Morgan fingerprint density at radius 1 is 1.27 bits per heavy atom. The van der Waals surface area contributed by atoms with Crippen LogP contribution < -0.4 is 10.6 Å². The minimum Gasteiger partial charge on any atom is -0.359 e. The SMILES string of the molecule is CNC(=O)C1CCc2sc(NC(=O)c3ccc(C)cc3)nc21. The fourth-order valence-corrected chi connectivity index (χ4v) is 3.62. The van der Waals surface area contributed by atoms with Crippen LogP contribution in [0.15, 0.2) is 24.3 Å². The van der Waals surface area contributed by atoms with Gasteiger partial charge in [-0.2, -0.15) is 0 Å². The van der Waals surface area contributed by atoms with Crippen LogP contribution >= 0.6 is 11.3 Å². The summed E-state index contributed by atoms with van der Waals surface area (Å²) in [5, 5.41) is 6.05. The second kappa shape index (κ2) is 5.88. The van der Waals surface area contributed by atoms with E-state index >= 15 is 0 Å². The molecule has 22 heavy (non-hydrogen) atoms. The highest BCUT2D eigenvalue weighted by atomic mass is 32.1. The molecule has 1 aliphatic rings. The first kappa shape index (κ1) is 14.7. The molecule has 114 valence electrons. The molecule has 2 amide bonds. The van der Waals surface area contributed by atoms with E-state index in [9.17, 15) is 9.59 Å². The average Bonchev–Trinajstić information content (AvgIpc) is 3.06. The van der Waals surface area contributed by atoms with E-state index in [1.807, 2.05) is 19.1 Å². The fraction of sp³-hybridized carbons (Fsp3) is 0.312. The number of hydrogen-bond acceptors (Lipinski definition) is 4. The zero-order chi connectivity index (χ0) is 15.7. The third-order valence-corrected chi connectivity index (χ3v) is 4.86. The molecule has 1 aromatic heterocycles. The lowest BCUT2D eigenvalue weighted by Crippen LogP contribution is -2.24. The van der Waals surface area contributed by atoms with E-state index in [2.05, 4.69) is 15.6 Å². The van der Waals surface area contributed by atoms with Gasteiger partial charge in [-0.1, -0.05) is 17.7 Å². The number of thiazole rings is 1. The first-order chi connectivity index (χ1) is 10.6. The molecule has 0 radical (unpaired) electrons. The van der Waals surface area contributed by atoms with Gasteiger partial charge in [-0.05, 0) is 31.9 Å². The van der Waals surface area contributed by atoms with Gasteiger partial charge in [-0.25, -0.2) is 4.98 Å². The molecule has 6 heteroatoms. The van der Waals surface area contributed by atoms with E-state index in [0.717, 1.165) is 29.0 Å². The van der Waals surface area contributed by atoms with Gasteiger partial charge in [0.15, 0.2) is 5.13 Å². The Morgan fingerprint density at radius 3 is 2.68 bits per heavy atom. The number of amides is 2. The number of anilines is 1. The fourth-order valence-electron chi connectivity index (χ4n) is 2.58. The van der Waals surface area contributed by atoms with Crippen molar-refractivity contribution in [1.29, 1.82) is 0 Å². The molecule has 1 heterocycles. The second-order valence-electron chi connectivity index (χ2n) is 5.35. The first-order valence-corrected chi connectivity index (χ1v) is 7.99. The van der Waals surface area contributed by atoms with Crippen molar-refractivity contribution in [3.63, 3.8) is 0 Å². The molecular formula is C16H17N3O2S. The molecule has 0 bridgehead atoms. The van der Waals surface area contributed by atoms with Crippen molar-refractivity contribution >= 4 is 28.3 Å². The van der Waals surface area contributed by atoms with E-state index < -0.39 is 0 Å². The molecule has 1 atom stereocenters. The number of fused-ring (bicyclic) bond motifs is 1. The largest absolute Gasteiger partial charge is 0.359 e. The average molecular weight is 315 g/mol. The highest BCUT2D eigenvalue weighted by molar-refractivity contribution is 7.16. The summed E-state index contributed by atoms with van der Waals surface area (Å²) in [6, 6.07) is 7.38. The molecule has 5 nitrogen and oxygen atoms in total. The molecule has 2 aromatic rings. The smallest absolute Gasteiger partial charge is 0.257 e. The van der Waals surface area contributed by atoms with Crippen LogP contribution in [0.3, 0.4) is 0 Å². The molecule has 3 rings (SSSR count). The van der Waals surface area contributed by atoms with Gasteiger partial charge in [0.25, 0.3) is 5.91 Å². The molecular weight excluding hydrogens is 298 g/mol. The van der Waals surface area contributed by atoms with Gasteiger partial charge in [-0.3, -0.25) is 14.9 Å². The minimum absolute atomic E-state index is 0.0135. The molecule has 1 unspecified atom stereocenters. The van der Waals surface area contributed by atoms with Crippen molar-refractivity contribution in [2.45, 2.75) is 25.7 Å². The maximum absolute atomic E-state index is 12.2. The molecule has 1 aliphatic carbocycles. The third kappa shape index (κ3) is 2.74. The van der Waals surface area contributed by atoms with Crippen LogP contribution in [-0.2, 0) is 11.2 Å². The summed E-state index contributed by atoms with van der Waals surface area (Å²) in [5.41, 5.74) is 2.52. The predicted octanol–water partition coefficient (Wildman–Crippen LogP) is 2.48. The van der Waals surface area contributed by atoms with E-state index in [1.165, 1.54) is 11.3 Å². The van der Waals surface area contributed by atoms with Crippen molar-refractivity contribution in [3.05, 3.63) is 46.0 Å². The summed E-state index contributed by atoms with van der Waals surface area (Å²) in [5.74, 6) is -0.384. The van der Waals surface area contributed by atoms with Gasteiger partial charge in [0.1, 0.15) is 0 Å². The second-order valence-corrected chi connectivity index (χ2v) is 6.44. The lowest BCUT2D eigenvalue weighted by atomic mass is 10.1. The van der Waals surface area contributed by atoms with Crippen LogP contribution in [0.4, 0.5) is 5.13 Å². The van der Waals surface area contributed by atoms with Gasteiger partial charge >= 0.3 is 0 Å². The van der Waals surface area contributed by atoms with Crippen molar-refractivity contribution in [2.75, 3.05) is 12.4 Å². The number of benzene rings is 1. The van der Waals surface area contributed by atoms with Crippen LogP contribution in [0.5, 0.6) is 0 Å². The molecule has 2 N–H and O–H groups in total. The molecule has 0 saturated carbocycles. The van der Waals surface area contributed by atoms with Crippen molar-refractivity contribution < 1.29 is 9.59 Å². The Hall–Kier alpha value is -2.21. The number of aromatic nitrogens is 1. The Labute approximate surface area is 132 Å². The normalized spacial score (nSPS) is 16.2. The van der Waals surface area contributed by atoms with Gasteiger partial charge in [-0.15, -0.1) is 11.3 Å². The van der Waals surface area contributed by atoms with Crippen molar-refractivity contribution in [3.8, 4) is 0 Å². The standard InChI is InChI=1S/C16H17N3O2S/c1-9-3-5-10(6-4-9)14(20)19-16-18-13-11(15(21)17-2)7-8-12(13)22-16/h3-6,11H,7-8H2,1-2H3,(H,17,21)(H,18,19,20). The van der Waals surface area contributed by atoms with Crippen molar-refractivity contribution in [1.82, 2.24) is 10.3 Å². The highest BCUT2D eigenvalue weighted by Crippen LogP contribution is 2.38. The molecule has 0 aliphatic heterocycles. The zero-order valence-corrected chi connectivity index (χ0v) is 13.3. The van der Waals surface area contributed by atoms with Gasteiger partial charge in [0.05, 0.1) is 11.6 Å². The maximum Gasteiger partial charge on any atom is 0.257 e. The summed E-state index contributed by atoms with van der Waals surface area (Å²) in [6.45, 7) is 1.98. The van der Waals surface area contributed by atoms with Crippen LogP contribution in [0, 0.1) is 6.92 Å². The van der Waals surface area contributed by atoms with Crippen molar-refractivity contribution in [2.24, 2.45) is 0 Å². The Bertz CT molecular complexity index is 721. The third-order valence-electron chi connectivity index (χ3n) is 3.81. The van der Waals surface area contributed by atoms with Gasteiger partial charge in [0.2, 0.25) is 5.91 Å². The number of rotatable bonds is 3. The van der Waals surface area contributed by atoms with Gasteiger partial charge in [0, 0.05) is 17.5 Å². The van der Waals surface area contributed by atoms with Crippen LogP contribution in [0.1, 0.15) is 38.8 Å². The Kier molecular flexibility index (Phi) is 3.94. The molecule has 1 aromatic carbocycles. The Morgan fingerprint density at radius 2 is 2.00 bits per heavy atom. The number of carbonyl (C=O) groups excluding carboxylic acids is 2. The summed E-state index contributed by atoms with van der Waals surface area (Å²) in [7, 11) is 1.63.